The van der Waals surface area contributed by atoms with E-state index >= 15 is 0 Å². The minimum absolute atomic E-state index is 0.255. The molecule has 96 valence electrons. The van der Waals surface area contributed by atoms with Gasteiger partial charge >= 0.3 is 0 Å². The second-order valence-electron chi connectivity index (χ2n) is 4.65. The highest BCUT2D eigenvalue weighted by molar-refractivity contribution is 5.84. The number of hydrogen-bond acceptors (Lipinski definition) is 2. The molecule has 1 unspecified atom stereocenters. The quantitative estimate of drug-likeness (QED) is 0.872. The van der Waals surface area contributed by atoms with Crippen molar-refractivity contribution in [2.75, 3.05) is 6.61 Å². The fraction of sp³-hybridized carbons (Fsp3) is 0.375. The summed E-state index contributed by atoms with van der Waals surface area (Å²) in [6.45, 7) is 4.83. The van der Waals surface area contributed by atoms with Crippen molar-refractivity contribution in [3.05, 3.63) is 42.0 Å². The summed E-state index contributed by atoms with van der Waals surface area (Å²) in [5.41, 5.74) is 7.30. The van der Waals surface area contributed by atoms with E-state index in [2.05, 4.69) is 37.3 Å². The maximum atomic E-state index is 5.99. The number of rotatable bonds is 5. The molecule has 18 heavy (non-hydrogen) atoms. The van der Waals surface area contributed by atoms with E-state index in [9.17, 15) is 0 Å². The highest BCUT2D eigenvalue weighted by Crippen LogP contribution is 2.22. The molecular weight excluding hydrogens is 222 g/mol. The van der Waals surface area contributed by atoms with Gasteiger partial charge in [0.1, 0.15) is 5.75 Å². The van der Waals surface area contributed by atoms with Crippen molar-refractivity contribution in [2.24, 2.45) is 5.73 Å². The molecular formula is C16H21NO. The Hall–Kier alpha value is -1.54. The Morgan fingerprint density at radius 2 is 1.78 bits per heavy atom. The molecule has 0 fully saturated rings. The smallest absolute Gasteiger partial charge is 0.119 e. The zero-order chi connectivity index (χ0) is 13.0. The van der Waals surface area contributed by atoms with Crippen LogP contribution in [0.2, 0.25) is 0 Å². The summed E-state index contributed by atoms with van der Waals surface area (Å²) in [5, 5.41) is 2.47. The monoisotopic (exact) mass is 243 g/mol. The van der Waals surface area contributed by atoms with Gasteiger partial charge in [0, 0.05) is 6.04 Å². The van der Waals surface area contributed by atoms with Crippen molar-refractivity contribution in [1.82, 2.24) is 0 Å². The van der Waals surface area contributed by atoms with E-state index in [1.165, 1.54) is 16.3 Å². The maximum absolute atomic E-state index is 5.99. The molecule has 2 rings (SSSR count). The van der Waals surface area contributed by atoms with Gasteiger partial charge in [-0.25, -0.2) is 0 Å². The molecule has 0 heterocycles. The van der Waals surface area contributed by atoms with Gasteiger partial charge in [0.2, 0.25) is 0 Å². The molecule has 0 radical (unpaired) electrons. The molecule has 2 aromatic carbocycles. The Morgan fingerprint density at radius 3 is 2.50 bits per heavy atom. The number of fused-ring (bicyclic) bond motifs is 1. The number of ether oxygens (including phenoxy) is 1. The van der Waals surface area contributed by atoms with E-state index in [-0.39, 0.29) is 6.04 Å². The molecule has 0 saturated carbocycles. The third kappa shape index (κ3) is 3.02. The summed E-state index contributed by atoms with van der Waals surface area (Å²) in [4.78, 5) is 0. The van der Waals surface area contributed by atoms with E-state index in [0.29, 0.717) is 6.61 Å². The van der Waals surface area contributed by atoms with Crippen LogP contribution in [0.15, 0.2) is 36.4 Å². The Morgan fingerprint density at radius 1 is 1.06 bits per heavy atom. The van der Waals surface area contributed by atoms with E-state index in [1.54, 1.807) is 0 Å². The average Bonchev–Trinajstić information content (AvgIpc) is 2.39. The number of benzene rings is 2. The Balaban J connectivity index is 2.26. The van der Waals surface area contributed by atoms with Crippen molar-refractivity contribution < 1.29 is 4.74 Å². The molecule has 0 amide bonds. The van der Waals surface area contributed by atoms with E-state index in [4.69, 9.17) is 10.5 Å². The predicted molar refractivity (Wildman–Crippen MR) is 77.1 cm³/mol. The van der Waals surface area contributed by atoms with Gasteiger partial charge in [-0.3, -0.25) is 0 Å². The van der Waals surface area contributed by atoms with Crippen LogP contribution in [0.1, 0.15) is 25.8 Å². The third-order valence-electron chi connectivity index (χ3n) is 3.21. The van der Waals surface area contributed by atoms with Gasteiger partial charge in [0.15, 0.2) is 0 Å². The maximum Gasteiger partial charge on any atom is 0.119 e. The molecule has 1 atom stereocenters. The Bertz CT molecular complexity index is 521. The van der Waals surface area contributed by atoms with Gasteiger partial charge in [-0.05, 0) is 48.2 Å². The summed E-state index contributed by atoms with van der Waals surface area (Å²) in [6, 6.07) is 13.0. The molecule has 0 aliphatic carbocycles. The van der Waals surface area contributed by atoms with Crippen LogP contribution < -0.4 is 10.5 Å². The van der Waals surface area contributed by atoms with Crippen molar-refractivity contribution in [2.45, 2.75) is 32.7 Å². The first-order chi connectivity index (χ1) is 8.72. The van der Waals surface area contributed by atoms with Crippen LogP contribution in [-0.2, 0) is 6.42 Å². The van der Waals surface area contributed by atoms with Gasteiger partial charge in [-0.2, -0.15) is 0 Å². The lowest BCUT2D eigenvalue weighted by atomic mass is 10.0. The van der Waals surface area contributed by atoms with Gasteiger partial charge in [0.05, 0.1) is 6.61 Å². The summed E-state index contributed by atoms with van der Waals surface area (Å²) in [6.07, 6.45) is 1.96. The zero-order valence-corrected chi connectivity index (χ0v) is 11.1. The second-order valence-corrected chi connectivity index (χ2v) is 4.65. The zero-order valence-electron chi connectivity index (χ0n) is 11.1. The first kappa shape index (κ1) is 12.9. The van der Waals surface area contributed by atoms with Crippen LogP contribution >= 0.6 is 0 Å². The second kappa shape index (κ2) is 5.87. The van der Waals surface area contributed by atoms with Crippen LogP contribution in [0.3, 0.4) is 0 Å². The first-order valence-electron chi connectivity index (χ1n) is 6.64. The highest BCUT2D eigenvalue weighted by Gasteiger charge is 2.03. The molecule has 2 aromatic rings. The fourth-order valence-corrected chi connectivity index (χ4v) is 2.10. The topological polar surface area (TPSA) is 35.2 Å². The number of hydrogen-bond donors (Lipinski definition) is 1. The Labute approximate surface area is 109 Å². The van der Waals surface area contributed by atoms with E-state index in [0.717, 1.165) is 18.6 Å². The third-order valence-corrected chi connectivity index (χ3v) is 3.21. The molecule has 0 spiro atoms. The predicted octanol–water partition coefficient (Wildman–Crippen LogP) is 3.52. The van der Waals surface area contributed by atoms with Gasteiger partial charge in [-0.15, -0.1) is 0 Å². The van der Waals surface area contributed by atoms with Gasteiger partial charge in [-0.1, -0.05) is 31.2 Å². The van der Waals surface area contributed by atoms with Crippen LogP contribution in [0, 0.1) is 0 Å². The van der Waals surface area contributed by atoms with Crippen LogP contribution in [-0.4, -0.2) is 12.6 Å². The van der Waals surface area contributed by atoms with Crippen LogP contribution in [0.5, 0.6) is 5.75 Å². The largest absolute Gasteiger partial charge is 0.494 e. The van der Waals surface area contributed by atoms with Gasteiger partial charge < -0.3 is 10.5 Å². The molecule has 0 aromatic heterocycles. The molecule has 2 heteroatoms. The van der Waals surface area contributed by atoms with Crippen molar-refractivity contribution >= 4 is 10.8 Å². The SMILES string of the molecule is CCOc1ccc2cc(CC(N)CC)ccc2c1. The highest BCUT2D eigenvalue weighted by atomic mass is 16.5. The molecule has 2 N–H and O–H groups in total. The standard InChI is InChI=1S/C16H21NO/c1-3-15(17)10-12-5-6-14-11-16(18-4-2)8-7-13(14)9-12/h5-9,11,15H,3-4,10,17H2,1-2H3. The molecule has 2 nitrogen and oxygen atoms in total. The lowest BCUT2D eigenvalue weighted by Crippen LogP contribution is -2.21. The summed E-state index contributed by atoms with van der Waals surface area (Å²) < 4.78 is 5.51. The first-order valence-corrected chi connectivity index (χ1v) is 6.64. The minimum atomic E-state index is 0.255. The lowest BCUT2D eigenvalue weighted by molar-refractivity contribution is 0.341. The molecule has 0 aliphatic heterocycles. The van der Waals surface area contributed by atoms with Gasteiger partial charge in [0.25, 0.3) is 0 Å². The van der Waals surface area contributed by atoms with Crippen molar-refractivity contribution in [3.63, 3.8) is 0 Å². The van der Waals surface area contributed by atoms with Crippen LogP contribution in [0.25, 0.3) is 10.8 Å². The average molecular weight is 243 g/mol. The van der Waals surface area contributed by atoms with Crippen molar-refractivity contribution in [3.8, 4) is 5.75 Å². The molecule has 0 saturated heterocycles. The van der Waals surface area contributed by atoms with Crippen LogP contribution in [0.4, 0.5) is 0 Å². The van der Waals surface area contributed by atoms with Crippen molar-refractivity contribution in [1.29, 1.82) is 0 Å². The normalized spacial score (nSPS) is 12.6. The summed E-state index contributed by atoms with van der Waals surface area (Å²) in [5.74, 6) is 0.933. The van der Waals surface area contributed by atoms with E-state index in [1.807, 2.05) is 13.0 Å². The molecule has 0 bridgehead atoms. The lowest BCUT2D eigenvalue weighted by Gasteiger charge is -2.10. The minimum Gasteiger partial charge on any atom is -0.494 e. The molecule has 0 aliphatic rings. The summed E-state index contributed by atoms with van der Waals surface area (Å²) in [7, 11) is 0. The fourth-order valence-electron chi connectivity index (χ4n) is 2.10. The Kier molecular flexibility index (Phi) is 4.21. The number of nitrogens with two attached hydrogens (primary N) is 1. The van der Waals surface area contributed by atoms with E-state index < -0.39 is 0 Å². The summed E-state index contributed by atoms with van der Waals surface area (Å²) >= 11 is 0.